The molecule has 2 aromatic rings. The van der Waals surface area contributed by atoms with Gasteiger partial charge in [0, 0.05) is 43.3 Å². The average Bonchev–Trinajstić information content (AvgIpc) is 2.74. The van der Waals surface area contributed by atoms with E-state index in [0.29, 0.717) is 43.3 Å². The lowest BCUT2D eigenvalue weighted by atomic mass is 10.1. The topological polar surface area (TPSA) is 76.2 Å². The third-order valence-electron chi connectivity index (χ3n) is 4.97. The fourth-order valence-corrected chi connectivity index (χ4v) is 4.98. The minimum absolute atomic E-state index is 0.167. The maximum atomic E-state index is 13.0. The van der Waals surface area contributed by atoms with E-state index in [0.717, 1.165) is 11.3 Å². The lowest BCUT2D eigenvalue weighted by Gasteiger charge is -2.34. The second-order valence-corrected chi connectivity index (χ2v) is 9.26. The summed E-state index contributed by atoms with van der Waals surface area (Å²) < 4.78 is 37.7. The van der Waals surface area contributed by atoms with Crippen LogP contribution in [0, 0.1) is 0 Å². The number of halogens is 1. The van der Waals surface area contributed by atoms with Gasteiger partial charge in [0.1, 0.15) is 5.75 Å². The first-order valence-electron chi connectivity index (χ1n) is 9.67. The van der Waals surface area contributed by atoms with Crippen LogP contribution in [0.3, 0.4) is 0 Å². The van der Waals surface area contributed by atoms with Crippen molar-refractivity contribution in [1.82, 2.24) is 9.21 Å². The van der Waals surface area contributed by atoms with Crippen LogP contribution in [0.2, 0.25) is 5.02 Å². The summed E-state index contributed by atoms with van der Waals surface area (Å²) in [7, 11) is -2.01. The summed E-state index contributed by atoms with van der Waals surface area (Å²) in [4.78, 5) is 14.1. The summed E-state index contributed by atoms with van der Waals surface area (Å²) in [6, 6.07) is 11.3. The van der Waals surface area contributed by atoms with Gasteiger partial charge in [-0.15, -0.1) is 0 Å². The standard InChI is InChI=1S/C21H25ClN2O5S/c1-3-29-21(25)16-4-7-19(8-5-16)30(26,27)24-12-10-23(11-13-24)15-17-14-18(22)6-9-20(17)28-2/h4-9,14H,3,10-13,15H2,1-2H3. The molecule has 0 N–H and O–H groups in total. The van der Waals surface area contributed by atoms with Gasteiger partial charge < -0.3 is 9.47 Å². The number of benzene rings is 2. The van der Waals surface area contributed by atoms with Gasteiger partial charge in [0.25, 0.3) is 0 Å². The van der Waals surface area contributed by atoms with Crippen molar-refractivity contribution in [2.45, 2.75) is 18.4 Å². The van der Waals surface area contributed by atoms with Crippen molar-refractivity contribution in [2.24, 2.45) is 0 Å². The number of hydrogen-bond acceptors (Lipinski definition) is 6. The zero-order valence-corrected chi connectivity index (χ0v) is 18.6. The first-order chi connectivity index (χ1) is 14.3. The van der Waals surface area contributed by atoms with Crippen molar-refractivity contribution >= 4 is 27.6 Å². The maximum Gasteiger partial charge on any atom is 0.338 e. The molecule has 7 nitrogen and oxygen atoms in total. The number of hydrogen-bond donors (Lipinski definition) is 0. The Morgan fingerprint density at radius 1 is 1.07 bits per heavy atom. The van der Waals surface area contributed by atoms with Crippen molar-refractivity contribution in [1.29, 1.82) is 0 Å². The van der Waals surface area contributed by atoms with E-state index in [1.807, 2.05) is 12.1 Å². The Morgan fingerprint density at radius 2 is 1.73 bits per heavy atom. The van der Waals surface area contributed by atoms with Crippen molar-refractivity contribution in [3.63, 3.8) is 0 Å². The molecule has 1 aliphatic heterocycles. The second-order valence-electron chi connectivity index (χ2n) is 6.88. The third kappa shape index (κ3) is 5.13. The molecule has 0 radical (unpaired) electrons. The second kappa shape index (κ2) is 9.78. The fraction of sp³-hybridized carbons (Fsp3) is 0.381. The molecule has 0 aliphatic carbocycles. The molecule has 1 heterocycles. The third-order valence-corrected chi connectivity index (χ3v) is 7.12. The van der Waals surface area contributed by atoms with Gasteiger partial charge in [0.2, 0.25) is 10.0 Å². The molecular formula is C21H25ClN2O5S. The van der Waals surface area contributed by atoms with E-state index in [9.17, 15) is 13.2 Å². The Kier molecular flexibility index (Phi) is 7.36. The Balaban J connectivity index is 1.64. The van der Waals surface area contributed by atoms with Crippen LogP contribution in [0.5, 0.6) is 5.75 Å². The SMILES string of the molecule is CCOC(=O)c1ccc(S(=O)(=O)N2CCN(Cc3cc(Cl)ccc3OC)CC2)cc1. The number of ether oxygens (including phenoxy) is 2. The number of rotatable bonds is 7. The largest absolute Gasteiger partial charge is 0.496 e. The van der Waals surface area contributed by atoms with Gasteiger partial charge in [-0.3, -0.25) is 4.90 Å². The highest BCUT2D eigenvalue weighted by molar-refractivity contribution is 7.89. The maximum absolute atomic E-state index is 13.0. The molecular weight excluding hydrogens is 428 g/mol. The van der Waals surface area contributed by atoms with Crippen LogP contribution in [0.15, 0.2) is 47.4 Å². The number of carbonyl (C=O) groups excluding carboxylic acids is 1. The average molecular weight is 453 g/mol. The van der Waals surface area contributed by atoms with E-state index in [-0.39, 0.29) is 11.5 Å². The summed E-state index contributed by atoms with van der Waals surface area (Å²) in [5, 5.41) is 0.637. The molecule has 30 heavy (non-hydrogen) atoms. The number of esters is 1. The monoisotopic (exact) mass is 452 g/mol. The summed E-state index contributed by atoms with van der Waals surface area (Å²) in [5.41, 5.74) is 1.30. The molecule has 0 atom stereocenters. The van der Waals surface area contributed by atoms with E-state index in [1.165, 1.54) is 28.6 Å². The highest BCUT2D eigenvalue weighted by Crippen LogP contribution is 2.25. The first kappa shape index (κ1) is 22.6. The normalized spacial score (nSPS) is 15.7. The van der Waals surface area contributed by atoms with Crippen molar-refractivity contribution in [3.8, 4) is 5.75 Å². The number of sulfonamides is 1. The molecule has 1 aliphatic rings. The van der Waals surface area contributed by atoms with Gasteiger partial charge in [0.05, 0.1) is 24.2 Å². The van der Waals surface area contributed by atoms with E-state index < -0.39 is 16.0 Å². The fourth-order valence-electron chi connectivity index (χ4n) is 3.37. The van der Waals surface area contributed by atoms with Crippen LogP contribution in [0.25, 0.3) is 0 Å². The lowest BCUT2D eigenvalue weighted by molar-refractivity contribution is 0.0526. The Bertz CT molecular complexity index is 987. The quantitative estimate of drug-likeness (QED) is 0.601. The molecule has 0 bridgehead atoms. The number of piperazine rings is 1. The summed E-state index contributed by atoms with van der Waals surface area (Å²) >= 11 is 6.10. The predicted octanol–water partition coefficient (Wildman–Crippen LogP) is 3.03. The minimum Gasteiger partial charge on any atom is -0.496 e. The summed E-state index contributed by atoms with van der Waals surface area (Å²) in [6.07, 6.45) is 0. The molecule has 162 valence electrons. The molecule has 0 amide bonds. The van der Waals surface area contributed by atoms with Gasteiger partial charge >= 0.3 is 5.97 Å². The number of carbonyl (C=O) groups is 1. The Morgan fingerprint density at radius 3 is 2.33 bits per heavy atom. The van der Waals surface area contributed by atoms with Gasteiger partial charge in [-0.25, -0.2) is 13.2 Å². The van der Waals surface area contributed by atoms with Crippen LogP contribution in [-0.2, 0) is 21.3 Å². The highest BCUT2D eigenvalue weighted by Gasteiger charge is 2.29. The zero-order valence-electron chi connectivity index (χ0n) is 17.0. The van der Waals surface area contributed by atoms with Crippen LogP contribution >= 0.6 is 11.6 Å². The van der Waals surface area contributed by atoms with Crippen molar-refractivity contribution < 1.29 is 22.7 Å². The van der Waals surface area contributed by atoms with Crippen LogP contribution < -0.4 is 4.74 Å². The first-order valence-corrected chi connectivity index (χ1v) is 11.5. The van der Waals surface area contributed by atoms with Crippen LogP contribution in [0.4, 0.5) is 0 Å². The van der Waals surface area contributed by atoms with E-state index in [1.54, 1.807) is 20.1 Å². The number of methoxy groups -OCH3 is 1. The lowest BCUT2D eigenvalue weighted by Crippen LogP contribution is -2.48. The highest BCUT2D eigenvalue weighted by atomic mass is 35.5. The Hall–Kier alpha value is -2.13. The minimum atomic E-state index is -3.62. The van der Waals surface area contributed by atoms with Crippen molar-refractivity contribution in [2.75, 3.05) is 39.9 Å². The molecule has 0 saturated carbocycles. The molecule has 0 aromatic heterocycles. The number of nitrogens with zero attached hydrogens (tertiary/aromatic N) is 2. The molecule has 3 rings (SSSR count). The smallest absolute Gasteiger partial charge is 0.338 e. The van der Waals surface area contributed by atoms with Crippen LogP contribution in [-0.4, -0.2) is 63.5 Å². The van der Waals surface area contributed by atoms with E-state index >= 15 is 0 Å². The molecule has 9 heteroatoms. The zero-order chi connectivity index (χ0) is 21.7. The van der Waals surface area contributed by atoms with Crippen molar-refractivity contribution in [3.05, 3.63) is 58.6 Å². The van der Waals surface area contributed by atoms with Gasteiger partial charge in [-0.2, -0.15) is 4.31 Å². The molecule has 0 spiro atoms. The summed E-state index contributed by atoms with van der Waals surface area (Å²) in [6.45, 7) is 4.57. The van der Waals surface area contributed by atoms with E-state index in [4.69, 9.17) is 21.1 Å². The van der Waals surface area contributed by atoms with E-state index in [2.05, 4.69) is 4.90 Å². The predicted molar refractivity (Wildman–Crippen MR) is 114 cm³/mol. The van der Waals surface area contributed by atoms with Gasteiger partial charge in [-0.05, 0) is 49.4 Å². The summed E-state index contributed by atoms with van der Waals surface area (Å²) in [5.74, 6) is 0.294. The molecule has 2 aromatic carbocycles. The molecule has 1 saturated heterocycles. The Labute approximate surface area is 182 Å². The molecule has 1 fully saturated rings. The van der Waals surface area contributed by atoms with Gasteiger partial charge in [-0.1, -0.05) is 11.6 Å². The van der Waals surface area contributed by atoms with Gasteiger partial charge in [0.15, 0.2) is 0 Å². The van der Waals surface area contributed by atoms with Crippen LogP contribution in [0.1, 0.15) is 22.8 Å². The molecule has 0 unspecified atom stereocenters.